The maximum absolute atomic E-state index is 14.8. The van der Waals surface area contributed by atoms with Crippen LogP contribution < -0.4 is 0 Å². The molecule has 2 heterocycles. The van der Waals surface area contributed by atoms with Gasteiger partial charge in [0, 0.05) is 31.3 Å². The Balaban J connectivity index is 1.37. The number of hydrogen-bond acceptors (Lipinski definition) is 3. The molecule has 2 aromatic carbocycles. The Bertz CT molecular complexity index is 932. The van der Waals surface area contributed by atoms with Gasteiger partial charge in [-0.05, 0) is 81.4 Å². The van der Waals surface area contributed by atoms with Crippen LogP contribution in [0.3, 0.4) is 0 Å². The number of likely N-dealkylation sites (tertiary alicyclic amines) is 2. The van der Waals surface area contributed by atoms with Gasteiger partial charge in [0.25, 0.3) is 0 Å². The van der Waals surface area contributed by atoms with Gasteiger partial charge in [-0.3, -0.25) is 9.80 Å². The fourth-order valence-electron chi connectivity index (χ4n) is 5.60. The summed E-state index contributed by atoms with van der Waals surface area (Å²) in [5.41, 5.74) is 1.18. The molecule has 1 atom stereocenters. The average Bonchev–Trinajstić information content (AvgIpc) is 2.86. The SMILES string of the molecule is C=CC(CN1CCC2(CCN(Cc3ccccc3)CC2)CC1)(OCCC)c1ccc(F)cc1F. The van der Waals surface area contributed by atoms with Crippen molar-refractivity contribution in [2.45, 2.75) is 51.2 Å². The summed E-state index contributed by atoms with van der Waals surface area (Å²) in [5, 5.41) is 0. The van der Waals surface area contributed by atoms with Crippen LogP contribution in [0.1, 0.15) is 50.2 Å². The molecule has 0 N–H and O–H groups in total. The highest BCUT2D eigenvalue weighted by molar-refractivity contribution is 5.30. The van der Waals surface area contributed by atoms with Crippen LogP contribution in [0.5, 0.6) is 0 Å². The number of piperidine rings is 2. The van der Waals surface area contributed by atoms with E-state index in [2.05, 4.69) is 46.7 Å². The summed E-state index contributed by atoms with van der Waals surface area (Å²) in [5.74, 6) is -1.15. The highest BCUT2D eigenvalue weighted by Gasteiger charge is 2.41. The largest absolute Gasteiger partial charge is 0.365 e. The van der Waals surface area contributed by atoms with Gasteiger partial charge in [0.2, 0.25) is 0 Å². The predicted octanol–water partition coefficient (Wildman–Crippen LogP) is 6.15. The molecule has 2 aliphatic rings. The Kier molecular flexibility index (Phi) is 8.18. The van der Waals surface area contributed by atoms with E-state index in [0.717, 1.165) is 58.1 Å². The van der Waals surface area contributed by atoms with Crippen molar-refractivity contribution >= 4 is 0 Å². The highest BCUT2D eigenvalue weighted by Crippen LogP contribution is 2.42. The Morgan fingerprint density at radius 3 is 2.21 bits per heavy atom. The molecule has 1 spiro atoms. The smallest absolute Gasteiger partial charge is 0.132 e. The summed E-state index contributed by atoms with van der Waals surface area (Å²) < 4.78 is 34.6. The first-order valence-corrected chi connectivity index (χ1v) is 12.7. The van der Waals surface area contributed by atoms with Crippen LogP contribution in [0.2, 0.25) is 0 Å². The standard InChI is InChI=1S/C29H38F2N2O/c1-3-20-34-29(4-2,26-11-10-25(30)21-27(26)31)23-33-18-14-28(15-19-33)12-16-32(17-13-28)22-24-8-6-5-7-9-24/h4-11,21H,2-3,12-20,22-23H2,1H3. The van der Waals surface area contributed by atoms with Gasteiger partial charge in [-0.15, -0.1) is 0 Å². The Morgan fingerprint density at radius 2 is 1.62 bits per heavy atom. The second kappa shape index (κ2) is 11.1. The van der Waals surface area contributed by atoms with E-state index in [1.54, 1.807) is 6.08 Å². The minimum atomic E-state index is -0.975. The normalized spacial score (nSPS) is 20.8. The molecule has 4 rings (SSSR count). The van der Waals surface area contributed by atoms with E-state index < -0.39 is 17.2 Å². The van der Waals surface area contributed by atoms with Crippen molar-refractivity contribution in [3.8, 4) is 0 Å². The van der Waals surface area contributed by atoms with E-state index in [4.69, 9.17) is 4.74 Å². The van der Waals surface area contributed by atoms with Crippen molar-refractivity contribution < 1.29 is 13.5 Å². The minimum absolute atomic E-state index is 0.367. The van der Waals surface area contributed by atoms with Crippen molar-refractivity contribution in [3.63, 3.8) is 0 Å². The molecule has 0 saturated carbocycles. The zero-order valence-electron chi connectivity index (χ0n) is 20.4. The summed E-state index contributed by atoms with van der Waals surface area (Å²) in [6.07, 6.45) is 7.29. The maximum atomic E-state index is 14.8. The molecular formula is C29H38F2N2O. The quantitative estimate of drug-likeness (QED) is 0.411. The predicted molar refractivity (Wildman–Crippen MR) is 134 cm³/mol. The summed E-state index contributed by atoms with van der Waals surface area (Å²) in [7, 11) is 0. The van der Waals surface area contributed by atoms with Crippen molar-refractivity contribution in [2.24, 2.45) is 5.41 Å². The van der Waals surface area contributed by atoms with Crippen molar-refractivity contribution in [2.75, 3.05) is 39.3 Å². The van der Waals surface area contributed by atoms with Crippen molar-refractivity contribution in [1.82, 2.24) is 9.80 Å². The number of rotatable bonds is 9. The monoisotopic (exact) mass is 468 g/mol. The third-order valence-corrected chi connectivity index (χ3v) is 7.82. The van der Waals surface area contributed by atoms with Gasteiger partial charge in [0.05, 0.1) is 0 Å². The van der Waals surface area contributed by atoms with Gasteiger partial charge in [-0.2, -0.15) is 0 Å². The van der Waals surface area contributed by atoms with E-state index in [1.807, 2.05) is 6.92 Å². The third-order valence-electron chi connectivity index (χ3n) is 7.82. The number of benzene rings is 2. The molecule has 2 aliphatic heterocycles. The molecule has 5 heteroatoms. The fraction of sp³-hybridized carbons (Fsp3) is 0.517. The maximum Gasteiger partial charge on any atom is 0.132 e. The molecule has 2 aromatic rings. The van der Waals surface area contributed by atoms with Crippen LogP contribution in [0.25, 0.3) is 0 Å². The molecular weight excluding hydrogens is 430 g/mol. The van der Waals surface area contributed by atoms with Crippen LogP contribution >= 0.6 is 0 Å². The number of hydrogen-bond donors (Lipinski definition) is 0. The zero-order chi connectivity index (χ0) is 24.0. The third kappa shape index (κ3) is 5.76. The minimum Gasteiger partial charge on any atom is -0.365 e. The van der Waals surface area contributed by atoms with Crippen molar-refractivity contribution in [3.05, 3.63) is 83.9 Å². The first-order chi connectivity index (χ1) is 16.5. The van der Waals surface area contributed by atoms with E-state index in [1.165, 1.54) is 30.5 Å². The number of nitrogens with zero attached hydrogens (tertiary/aromatic N) is 2. The first kappa shape index (κ1) is 25.0. The van der Waals surface area contributed by atoms with Crippen LogP contribution in [-0.2, 0) is 16.9 Å². The van der Waals surface area contributed by atoms with E-state index in [-0.39, 0.29) is 0 Å². The Labute approximate surface area is 203 Å². The molecule has 0 amide bonds. The van der Waals surface area contributed by atoms with Gasteiger partial charge < -0.3 is 4.74 Å². The van der Waals surface area contributed by atoms with Gasteiger partial charge >= 0.3 is 0 Å². The molecule has 34 heavy (non-hydrogen) atoms. The highest BCUT2D eigenvalue weighted by atomic mass is 19.1. The van der Waals surface area contributed by atoms with E-state index >= 15 is 0 Å². The molecule has 0 aliphatic carbocycles. The van der Waals surface area contributed by atoms with Crippen LogP contribution in [0.15, 0.2) is 61.2 Å². The fourth-order valence-corrected chi connectivity index (χ4v) is 5.60. The topological polar surface area (TPSA) is 15.7 Å². The average molecular weight is 469 g/mol. The molecule has 0 radical (unpaired) electrons. The Hall–Kier alpha value is -2.08. The lowest BCUT2D eigenvalue weighted by Crippen LogP contribution is -2.50. The molecule has 3 nitrogen and oxygen atoms in total. The lowest BCUT2D eigenvalue weighted by atomic mass is 9.71. The Morgan fingerprint density at radius 1 is 0.971 bits per heavy atom. The van der Waals surface area contributed by atoms with Crippen LogP contribution in [0.4, 0.5) is 8.78 Å². The van der Waals surface area contributed by atoms with Crippen LogP contribution in [-0.4, -0.2) is 49.1 Å². The van der Waals surface area contributed by atoms with Gasteiger partial charge in [-0.1, -0.05) is 49.9 Å². The van der Waals surface area contributed by atoms with E-state index in [9.17, 15) is 8.78 Å². The molecule has 2 saturated heterocycles. The molecule has 2 fully saturated rings. The molecule has 184 valence electrons. The van der Waals surface area contributed by atoms with Crippen molar-refractivity contribution in [1.29, 1.82) is 0 Å². The second-order valence-electron chi connectivity index (χ2n) is 10.1. The molecule has 0 aromatic heterocycles. The van der Waals surface area contributed by atoms with Crippen LogP contribution in [0, 0.1) is 17.0 Å². The zero-order valence-corrected chi connectivity index (χ0v) is 20.4. The lowest BCUT2D eigenvalue weighted by molar-refractivity contribution is -0.0535. The summed E-state index contributed by atoms with van der Waals surface area (Å²) in [6, 6.07) is 14.5. The van der Waals surface area contributed by atoms with Gasteiger partial charge in [-0.25, -0.2) is 8.78 Å². The van der Waals surface area contributed by atoms with Gasteiger partial charge in [0.15, 0.2) is 0 Å². The lowest BCUT2D eigenvalue weighted by Gasteiger charge is -2.48. The number of ether oxygens (including phenoxy) is 1. The number of halogens is 2. The van der Waals surface area contributed by atoms with E-state index in [0.29, 0.717) is 24.1 Å². The van der Waals surface area contributed by atoms with Gasteiger partial charge in [0.1, 0.15) is 17.2 Å². The summed E-state index contributed by atoms with van der Waals surface area (Å²) in [6.45, 7) is 12.3. The molecule has 0 bridgehead atoms. The summed E-state index contributed by atoms with van der Waals surface area (Å²) >= 11 is 0. The molecule has 1 unspecified atom stereocenters. The first-order valence-electron chi connectivity index (χ1n) is 12.7. The summed E-state index contributed by atoms with van der Waals surface area (Å²) in [4.78, 5) is 4.95. The second-order valence-corrected chi connectivity index (χ2v) is 10.1.